The Morgan fingerprint density at radius 1 is 1.53 bits per heavy atom. The molecule has 0 saturated heterocycles. The molecule has 0 fully saturated rings. The number of carbonyl (C=O) groups is 1. The molecule has 19 heavy (non-hydrogen) atoms. The summed E-state index contributed by atoms with van der Waals surface area (Å²) in [6.45, 7) is 5.98. The lowest BCUT2D eigenvalue weighted by molar-refractivity contribution is 0.0734. The molecular weight excluding hydrogens is 282 g/mol. The van der Waals surface area contributed by atoms with Crippen LogP contribution in [0.25, 0.3) is 0 Å². The molecule has 0 aliphatic carbocycles. The van der Waals surface area contributed by atoms with Crippen LogP contribution in [0.2, 0.25) is 5.02 Å². The second-order valence-corrected chi connectivity index (χ2v) is 6.34. The maximum atomic E-state index is 12.3. The van der Waals surface area contributed by atoms with Crippen molar-refractivity contribution >= 4 is 28.8 Å². The van der Waals surface area contributed by atoms with E-state index in [1.54, 1.807) is 35.5 Å². The number of hydrogen-bond acceptors (Lipinski definition) is 3. The molecule has 2 heterocycles. The second kappa shape index (κ2) is 5.35. The Kier molecular flexibility index (Phi) is 3.96. The van der Waals surface area contributed by atoms with E-state index in [0.717, 1.165) is 15.6 Å². The maximum Gasteiger partial charge on any atom is 0.270 e. The molecule has 0 spiro atoms. The van der Waals surface area contributed by atoms with E-state index in [9.17, 15) is 4.79 Å². The minimum absolute atomic E-state index is 0.0699. The number of amides is 1. The highest BCUT2D eigenvalue weighted by Crippen LogP contribution is 2.27. The molecule has 2 aromatic rings. The van der Waals surface area contributed by atoms with Crippen molar-refractivity contribution in [2.45, 2.75) is 26.8 Å². The molecule has 1 amide bonds. The number of nitrogens with one attached hydrogen (secondary N) is 1. The van der Waals surface area contributed by atoms with Crippen molar-refractivity contribution in [1.29, 1.82) is 0 Å². The summed E-state index contributed by atoms with van der Waals surface area (Å²) in [5, 5.41) is 1.55. The first-order chi connectivity index (χ1) is 8.90. The first-order valence-electron chi connectivity index (χ1n) is 5.95. The molecule has 2 aromatic heterocycles. The highest BCUT2D eigenvalue weighted by atomic mass is 35.5. The summed E-state index contributed by atoms with van der Waals surface area (Å²) >= 11 is 7.47. The van der Waals surface area contributed by atoms with Gasteiger partial charge >= 0.3 is 0 Å². The van der Waals surface area contributed by atoms with Crippen LogP contribution in [0.1, 0.15) is 39.0 Å². The van der Waals surface area contributed by atoms with Gasteiger partial charge in [0.1, 0.15) is 5.69 Å². The number of rotatable bonds is 3. The summed E-state index contributed by atoms with van der Waals surface area (Å²) in [6.07, 6.45) is 1.60. The lowest BCUT2D eigenvalue weighted by Gasteiger charge is -2.23. The van der Waals surface area contributed by atoms with Gasteiger partial charge in [-0.3, -0.25) is 4.79 Å². The van der Waals surface area contributed by atoms with E-state index in [4.69, 9.17) is 11.6 Å². The predicted octanol–water partition coefficient (Wildman–Crippen LogP) is 3.57. The van der Waals surface area contributed by atoms with Crippen LogP contribution >= 0.6 is 22.9 Å². The summed E-state index contributed by atoms with van der Waals surface area (Å²) in [5.74, 6) is -0.0931. The zero-order valence-corrected chi connectivity index (χ0v) is 12.9. The van der Waals surface area contributed by atoms with E-state index in [0.29, 0.717) is 10.7 Å². The third-order valence-electron chi connectivity index (χ3n) is 3.11. The number of thiazole rings is 1. The van der Waals surface area contributed by atoms with Crippen LogP contribution in [-0.2, 0) is 0 Å². The average Bonchev–Trinajstić information content (AvgIpc) is 2.92. The third kappa shape index (κ3) is 2.82. The van der Waals surface area contributed by atoms with Crippen LogP contribution in [0, 0.1) is 13.8 Å². The van der Waals surface area contributed by atoms with Gasteiger partial charge in [-0.25, -0.2) is 4.98 Å². The molecule has 0 radical (unpaired) electrons. The Hall–Kier alpha value is -1.33. The van der Waals surface area contributed by atoms with E-state index in [1.807, 2.05) is 20.8 Å². The number of H-pyrrole nitrogens is 1. The molecule has 1 N–H and O–H groups in total. The second-order valence-electron chi connectivity index (χ2n) is 4.50. The van der Waals surface area contributed by atoms with Gasteiger partial charge in [0.15, 0.2) is 0 Å². The fourth-order valence-corrected chi connectivity index (χ4v) is 3.04. The zero-order valence-electron chi connectivity index (χ0n) is 11.3. The fourth-order valence-electron chi connectivity index (χ4n) is 1.97. The highest BCUT2D eigenvalue weighted by Gasteiger charge is 2.23. The molecule has 0 bridgehead atoms. The smallest absolute Gasteiger partial charge is 0.270 e. The van der Waals surface area contributed by atoms with Gasteiger partial charge in [0, 0.05) is 18.1 Å². The SMILES string of the molecule is Cc1nc(C(C)N(C)C(=O)c2cc(Cl)c[nH]2)c(C)s1. The van der Waals surface area contributed by atoms with Gasteiger partial charge in [0.2, 0.25) is 0 Å². The Bertz CT molecular complexity index is 605. The van der Waals surface area contributed by atoms with Crippen molar-refractivity contribution < 1.29 is 4.79 Å². The summed E-state index contributed by atoms with van der Waals surface area (Å²) in [7, 11) is 1.77. The van der Waals surface area contributed by atoms with Crippen molar-refractivity contribution in [3.05, 3.63) is 38.6 Å². The molecule has 6 heteroatoms. The number of carbonyl (C=O) groups excluding carboxylic acids is 1. The minimum Gasteiger partial charge on any atom is -0.356 e. The molecule has 0 saturated carbocycles. The lowest BCUT2D eigenvalue weighted by Crippen LogP contribution is -2.30. The van der Waals surface area contributed by atoms with Crippen LogP contribution in [-0.4, -0.2) is 27.8 Å². The topological polar surface area (TPSA) is 49.0 Å². The van der Waals surface area contributed by atoms with Crippen molar-refractivity contribution in [3.8, 4) is 0 Å². The molecular formula is C13H16ClN3OS. The summed E-state index contributed by atoms with van der Waals surface area (Å²) in [4.78, 5) is 22.5. The summed E-state index contributed by atoms with van der Waals surface area (Å²) in [5.41, 5.74) is 1.44. The molecule has 0 aromatic carbocycles. The Morgan fingerprint density at radius 2 is 2.21 bits per heavy atom. The number of nitrogens with zero attached hydrogens (tertiary/aromatic N) is 2. The largest absolute Gasteiger partial charge is 0.356 e. The molecule has 2 rings (SSSR count). The van der Waals surface area contributed by atoms with Gasteiger partial charge in [-0.05, 0) is 26.8 Å². The molecule has 4 nitrogen and oxygen atoms in total. The zero-order chi connectivity index (χ0) is 14.2. The number of hydrogen-bond donors (Lipinski definition) is 1. The number of aromatic nitrogens is 2. The van der Waals surface area contributed by atoms with Crippen molar-refractivity contribution in [3.63, 3.8) is 0 Å². The van der Waals surface area contributed by atoms with Gasteiger partial charge in [0.05, 0.1) is 21.8 Å². The molecule has 0 aliphatic heterocycles. The Labute approximate surface area is 121 Å². The average molecular weight is 298 g/mol. The third-order valence-corrected chi connectivity index (χ3v) is 4.23. The van der Waals surface area contributed by atoms with E-state index in [1.165, 1.54) is 0 Å². The Balaban J connectivity index is 2.21. The lowest BCUT2D eigenvalue weighted by atomic mass is 10.2. The molecule has 1 unspecified atom stereocenters. The molecule has 0 aliphatic rings. The summed E-state index contributed by atoms with van der Waals surface area (Å²) in [6, 6.07) is 1.56. The van der Waals surface area contributed by atoms with Gasteiger partial charge in [-0.2, -0.15) is 0 Å². The standard InChI is InChI=1S/C13H16ClN3OS/c1-7(12-8(2)19-9(3)16-12)17(4)13(18)11-5-10(14)6-15-11/h5-7,15H,1-4H3. The molecule has 1 atom stereocenters. The minimum atomic E-state index is -0.0931. The first-order valence-corrected chi connectivity index (χ1v) is 7.14. The monoisotopic (exact) mass is 297 g/mol. The maximum absolute atomic E-state index is 12.3. The number of aryl methyl sites for hydroxylation is 2. The van der Waals surface area contributed by atoms with E-state index in [2.05, 4.69) is 9.97 Å². The Morgan fingerprint density at radius 3 is 2.68 bits per heavy atom. The number of halogens is 1. The van der Waals surface area contributed by atoms with E-state index in [-0.39, 0.29) is 11.9 Å². The van der Waals surface area contributed by atoms with Crippen LogP contribution in [0.3, 0.4) is 0 Å². The quantitative estimate of drug-likeness (QED) is 0.941. The van der Waals surface area contributed by atoms with Crippen molar-refractivity contribution in [1.82, 2.24) is 14.9 Å². The van der Waals surface area contributed by atoms with Crippen LogP contribution in [0.15, 0.2) is 12.3 Å². The fraction of sp³-hybridized carbons (Fsp3) is 0.385. The van der Waals surface area contributed by atoms with Crippen LogP contribution in [0.4, 0.5) is 0 Å². The first kappa shape index (κ1) is 14.1. The van der Waals surface area contributed by atoms with Gasteiger partial charge in [-0.1, -0.05) is 11.6 Å². The van der Waals surface area contributed by atoms with Crippen LogP contribution in [0.5, 0.6) is 0 Å². The van der Waals surface area contributed by atoms with Gasteiger partial charge in [-0.15, -0.1) is 11.3 Å². The highest BCUT2D eigenvalue weighted by molar-refractivity contribution is 7.11. The van der Waals surface area contributed by atoms with E-state index < -0.39 is 0 Å². The van der Waals surface area contributed by atoms with Gasteiger partial charge < -0.3 is 9.88 Å². The van der Waals surface area contributed by atoms with Crippen molar-refractivity contribution in [2.75, 3.05) is 7.05 Å². The predicted molar refractivity (Wildman–Crippen MR) is 77.9 cm³/mol. The normalized spacial score (nSPS) is 12.5. The van der Waals surface area contributed by atoms with Gasteiger partial charge in [0.25, 0.3) is 5.91 Å². The molecule has 102 valence electrons. The number of aromatic amines is 1. The van der Waals surface area contributed by atoms with Crippen molar-refractivity contribution in [2.24, 2.45) is 0 Å². The van der Waals surface area contributed by atoms with Crippen LogP contribution < -0.4 is 0 Å². The summed E-state index contributed by atoms with van der Waals surface area (Å²) < 4.78 is 0. The van der Waals surface area contributed by atoms with E-state index >= 15 is 0 Å².